The third kappa shape index (κ3) is 1.59. The molecule has 0 spiro atoms. The molecule has 1 N–H and O–H groups in total. The fourth-order valence-electron chi connectivity index (χ4n) is 1.45. The van der Waals surface area contributed by atoms with E-state index in [9.17, 15) is 4.79 Å². The highest BCUT2D eigenvalue weighted by atomic mass is 16.1. The lowest BCUT2D eigenvalue weighted by molar-refractivity contribution is -0.670. The Hall–Kier alpha value is -1.84. The van der Waals surface area contributed by atoms with Crippen LogP contribution in [0.25, 0.3) is 5.52 Å². The number of imidazole rings is 1. The van der Waals surface area contributed by atoms with Crippen LogP contribution >= 0.6 is 0 Å². The minimum absolute atomic E-state index is 0.0547. The Bertz CT molecular complexity index is 487. The van der Waals surface area contributed by atoms with E-state index in [1.165, 1.54) is 6.92 Å². The van der Waals surface area contributed by atoms with Crippen LogP contribution in [0.1, 0.15) is 6.92 Å². The number of nitrogens with one attached hydrogen (secondary N) is 1. The topological polar surface area (TPSA) is 37.4 Å². The molecule has 0 aromatic carbocycles. The van der Waals surface area contributed by atoms with Crippen LogP contribution in [0, 0.1) is 0 Å². The molecule has 0 aliphatic heterocycles. The van der Waals surface area contributed by atoms with E-state index in [0.717, 1.165) is 11.2 Å². The molecule has 0 aliphatic carbocycles. The molecule has 0 saturated heterocycles. The van der Waals surface area contributed by atoms with Gasteiger partial charge in [0.1, 0.15) is 12.4 Å². The summed E-state index contributed by atoms with van der Waals surface area (Å²) >= 11 is 0. The molecule has 0 atom stereocenters. The first-order chi connectivity index (χ1) is 6.65. The highest BCUT2D eigenvalue weighted by Gasteiger charge is 2.04. The van der Waals surface area contributed by atoms with Crippen molar-refractivity contribution in [3.05, 3.63) is 30.9 Å². The monoisotopic (exact) mass is 190 g/mol. The van der Waals surface area contributed by atoms with Crippen LogP contribution in [0.3, 0.4) is 0 Å². The summed E-state index contributed by atoms with van der Waals surface area (Å²) in [6.07, 6.45) is 5.84. The molecule has 0 aliphatic rings. The van der Waals surface area contributed by atoms with Gasteiger partial charge in [0.15, 0.2) is 5.52 Å². The number of aromatic nitrogens is 2. The Kier molecular flexibility index (Phi) is 1.96. The number of aryl methyl sites for hydroxylation is 1. The first-order valence-corrected chi connectivity index (χ1v) is 4.40. The van der Waals surface area contributed by atoms with E-state index in [4.69, 9.17) is 0 Å². The molecule has 4 nitrogen and oxygen atoms in total. The summed E-state index contributed by atoms with van der Waals surface area (Å²) in [6.45, 7) is 1.50. The Morgan fingerprint density at radius 2 is 2.29 bits per heavy atom. The van der Waals surface area contributed by atoms with Crippen LogP contribution in [0.4, 0.5) is 5.69 Å². The van der Waals surface area contributed by atoms with Gasteiger partial charge in [-0.25, -0.2) is 8.97 Å². The molecule has 0 radical (unpaired) electrons. The van der Waals surface area contributed by atoms with Crippen molar-refractivity contribution in [3.8, 4) is 0 Å². The van der Waals surface area contributed by atoms with Crippen molar-refractivity contribution in [2.45, 2.75) is 6.92 Å². The van der Waals surface area contributed by atoms with Gasteiger partial charge in [0.2, 0.25) is 12.2 Å². The quantitative estimate of drug-likeness (QED) is 0.661. The van der Waals surface area contributed by atoms with Crippen LogP contribution in [0.2, 0.25) is 0 Å². The van der Waals surface area contributed by atoms with E-state index in [-0.39, 0.29) is 5.91 Å². The third-order valence-corrected chi connectivity index (χ3v) is 1.97. The lowest BCUT2D eigenvalue weighted by Crippen LogP contribution is -2.23. The predicted octanol–water partition coefficient (Wildman–Crippen LogP) is 0.722. The Morgan fingerprint density at radius 3 is 3.00 bits per heavy atom. The summed E-state index contributed by atoms with van der Waals surface area (Å²) in [5.74, 6) is -0.0547. The number of hydrogen-bond donors (Lipinski definition) is 1. The Labute approximate surface area is 81.8 Å². The number of carbonyl (C=O) groups is 1. The van der Waals surface area contributed by atoms with Crippen LogP contribution in [0.5, 0.6) is 0 Å². The molecule has 0 saturated carbocycles. The Morgan fingerprint density at radius 1 is 1.50 bits per heavy atom. The maximum atomic E-state index is 10.8. The van der Waals surface area contributed by atoms with E-state index in [1.54, 1.807) is 0 Å². The molecule has 0 fully saturated rings. The zero-order valence-corrected chi connectivity index (χ0v) is 8.19. The molecule has 2 aromatic rings. The molecule has 0 unspecified atom stereocenters. The maximum Gasteiger partial charge on any atom is 0.248 e. The van der Waals surface area contributed by atoms with Crippen molar-refractivity contribution in [1.82, 2.24) is 4.40 Å². The smallest absolute Gasteiger partial charge is 0.248 e. The molecular weight excluding hydrogens is 178 g/mol. The SMILES string of the molecule is CC(=O)Nc1ccc2c[n+](C)cn2c1. The van der Waals surface area contributed by atoms with Gasteiger partial charge in [-0.2, -0.15) is 0 Å². The second kappa shape index (κ2) is 3.14. The normalized spacial score (nSPS) is 10.4. The van der Waals surface area contributed by atoms with Crippen molar-refractivity contribution in [2.75, 3.05) is 5.32 Å². The van der Waals surface area contributed by atoms with Gasteiger partial charge in [0, 0.05) is 6.92 Å². The van der Waals surface area contributed by atoms with E-state index >= 15 is 0 Å². The van der Waals surface area contributed by atoms with Crippen LogP contribution in [-0.2, 0) is 11.8 Å². The van der Waals surface area contributed by atoms with E-state index in [1.807, 2.05) is 46.9 Å². The number of anilines is 1. The van der Waals surface area contributed by atoms with Crippen molar-refractivity contribution in [1.29, 1.82) is 0 Å². The lowest BCUT2D eigenvalue weighted by atomic mass is 10.4. The predicted molar refractivity (Wildman–Crippen MR) is 52.9 cm³/mol. The number of hydrogen-bond acceptors (Lipinski definition) is 1. The van der Waals surface area contributed by atoms with Crippen molar-refractivity contribution >= 4 is 17.1 Å². The second-order valence-corrected chi connectivity index (χ2v) is 3.34. The van der Waals surface area contributed by atoms with Gasteiger partial charge in [-0.3, -0.25) is 4.79 Å². The standard InChI is InChI=1S/C10H11N3O/c1-8(14)11-9-3-4-10-6-12(2)7-13(10)5-9/h3-7H,1-2H3/p+1. The highest BCUT2D eigenvalue weighted by Crippen LogP contribution is 2.09. The number of carbonyl (C=O) groups excluding carboxylic acids is 1. The zero-order valence-electron chi connectivity index (χ0n) is 8.19. The zero-order chi connectivity index (χ0) is 10.1. The average molecular weight is 190 g/mol. The first kappa shape index (κ1) is 8.74. The third-order valence-electron chi connectivity index (χ3n) is 1.97. The van der Waals surface area contributed by atoms with Gasteiger partial charge in [0.25, 0.3) is 0 Å². The lowest BCUT2D eigenvalue weighted by Gasteiger charge is -1.98. The van der Waals surface area contributed by atoms with Gasteiger partial charge < -0.3 is 5.32 Å². The maximum absolute atomic E-state index is 10.8. The van der Waals surface area contributed by atoms with E-state index < -0.39 is 0 Å². The summed E-state index contributed by atoms with van der Waals surface area (Å²) in [5, 5.41) is 2.74. The molecule has 4 heteroatoms. The van der Waals surface area contributed by atoms with Crippen LogP contribution in [0.15, 0.2) is 30.9 Å². The van der Waals surface area contributed by atoms with Crippen LogP contribution < -0.4 is 9.88 Å². The van der Waals surface area contributed by atoms with Crippen molar-refractivity contribution in [2.24, 2.45) is 7.05 Å². The molecule has 72 valence electrons. The Balaban J connectivity index is 2.45. The molecule has 2 rings (SSSR count). The van der Waals surface area contributed by atoms with Gasteiger partial charge in [-0.15, -0.1) is 0 Å². The van der Waals surface area contributed by atoms with Gasteiger partial charge in [-0.1, -0.05) is 0 Å². The van der Waals surface area contributed by atoms with E-state index in [0.29, 0.717) is 0 Å². The van der Waals surface area contributed by atoms with Gasteiger partial charge >= 0.3 is 0 Å². The summed E-state index contributed by atoms with van der Waals surface area (Å²) < 4.78 is 3.93. The van der Waals surface area contributed by atoms with Gasteiger partial charge in [0.05, 0.1) is 12.7 Å². The summed E-state index contributed by atoms with van der Waals surface area (Å²) in [7, 11) is 1.96. The molecule has 0 bridgehead atoms. The number of amides is 1. The fourth-order valence-corrected chi connectivity index (χ4v) is 1.45. The number of nitrogens with zero attached hydrogens (tertiary/aromatic N) is 2. The largest absolute Gasteiger partial charge is 0.323 e. The summed E-state index contributed by atoms with van der Waals surface area (Å²) in [4.78, 5) is 10.8. The summed E-state index contributed by atoms with van der Waals surface area (Å²) in [5.41, 5.74) is 1.91. The minimum Gasteiger partial charge on any atom is -0.323 e. The van der Waals surface area contributed by atoms with Crippen molar-refractivity contribution in [3.63, 3.8) is 0 Å². The number of fused-ring (bicyclic) bond motifs is 1. The van der Waals surface area contributed by atoms with Gasteiger partial charge in [-0.05, 0) is 12.1 Å². The first-order valence-electron chi connectivity index (χ1n) is 4.40. The summed E-state index contributed by atoms with van der Waals surface area (Å²) in [6, 6.07) is 3.85. The highest BCUT2D eigenvalue weighted by molar-refractivity contribution is 5.88. The molecule has 1 amide bonds. The fraction of sp³-hybridized carbons (Fsp3) is 0.200. The minimum atomic E-state index is -0.0547. The molecular formula is C10H12N3O+. The average Bonchev–Trinajstić information content (AvgIpc) is 2.42. The van der Waals surface area contributed by atoms with Crippen LogP contribution in [-0.4, -0.2) is 10.3 Å². The second-order valence-electron chi connectivity index (χ2n) is 3.34. The van der Waals surface area contributed by atoms with E-state index in [2.05, 4.69) is 5.32 Å². The molecule has 2 heterocycles. The molecule has 2 aromatic heterocycles. The van der Waals surface area contributed by atoms with Crippen molar-refractivity contribution < 1.29 is 9.36 Å². The number of pyridine rings is 1. The molecule has 14 heavy (non-hydrogen) atoms. The number of rotatable bonds is 1.